The number of benzene rings is 1. The number of nitrogens with two attached hydrogens (primary N) is 1. The molecule has 0 bridgehead atoms. The van der Waals surface area contributed by atoms with Crippen LogP contribution in [-0.4, -0.2) is 39.8 Å². The molecule has 0 aliphatic carbocycles. The van der Waals surface area contributed by atoms with Crippen molar-refractivity contribution in [1.29, 1.82) is 0 Å². The van der Waals surface area contributed by atoms with Gasteiger partial charge in [0.15, 0.2) is 5.65 Å². The van der Waals surface area contributed by atoms with Crippen molar-refractivity contribution in [3.05, 3.63) is 42.1 Å². The van der Waals surface area contributed by atoms with Gasteiger partial charge >= 0.3 is 5.97 Å². The van der Waals surface area contributed by atoms with Gasteiger partial charge in [0.2, 0.25) is 5.95 Å². The van der Waals surface area contributed by atoms with E-state index >= 15 is 0 Å². The van der Waals surface area contributed by atoms with E-state index in [1.165, 1.54) is 4.52 Å². The predicted molar refractivity (Wildman–Crippen MR) is 84.1 cm³/mol. The van der Waals surface area contributed by atoms with Crippen LogP contribution in [0.5, 0.6) is 0 Å². The molecule has 0 saturated heterocycles. The minimum absolute atomic E-state index is 0.0432. The van der Waals surface area contributed by atoms with Crippen molar-refractivity contribution in [1.82, 2.24) is 14.6 Å². The zero-order valence-corrected chi connectivity index (χ0v) is 12.2. The Morgan fingerprint density at radius 3 is 2.73 bits per heavy atom. The molecule has 0 aliphatic heterocycles. The molecule has 2 heterocycles. The molecule has 0 saturated carbocycles. The van der Waals surface area contributed by atoms with Crippen LogP contribution in [0.1, 0.15) is 10.4 Å². The molecular formula is C15H15N5O2. The fourth-order valence-electron chi connectivity index (χ4n) is 2.28. The third kappa shape index (κ3) is 2.32. The largest absolute Gasteiger partial charge is 0.478 e. The van der Waals surface area contributed by atoms with E-state index in [-0.39, 0.29) is 17.2 Å². The highest BCUT2D eigenvalue weighted by molar-refractivity contribution is 5.96. The quantitative estimate of drug-likeness (QED) is 0.764. The summed E-state index contributed by atoms with van der Waals surface area (Å²) in [5.41, 5.74) is 8.52. The number of anilines is 2. The van der Waals surface area contributed by atoms with Gasteiger partial charge in [-0.25, -0.2) is 9.31 Å². The average molecular weight is 297 g/mol. The van der Waals surface area contributed by atoms with Gasteiger partial charge in [0.1, 0.15) is 5.56 Å². The number of aromatic carboxylic acids is 1. The zero-order chi connectivity index (χ0) is 15.9. The van der Waals surface area contributed by atoms with E-state index < -0.39 is 5.97 Å². The lowest BCUT2D eigenvalue weighted by Crippen LogP contribution is -2.08. The molecule has 112 valence electrons. The van der Waals surface area contributed by atoms with Gasteiger partial charge in [-0.3, -0.25) is 0 Å². The van der Waals surface area contributed by atoms with Crippen molar-refractivity contribution in [3.63, 3.8) is 0 Å². The molecule has 3 rings (SSSR count). The summed E-state index contributed by atoms with van der Waals surface area (Å²) in [5.74, 6) is -1.02. The van der Waals surface area contributed by atoms with Crippen LogP contribution in [0.2, 0.25) is 0 Å². The molecule has 7 nitrogen and oxygen atoms in total. The van der Waals surface area contributed by atoms with E-state index in [9.17, 15) is 9.90 Å². The predicted octanol–water partition coefficient (Wildman–Crippen LogP) is 1.74. The Hall–Kier alpha value is -3.09. The van der Waals surface area contributed by atoms with Crippen molar-refractivity contribution in [2.75, 3.05) is 24.7 Å². The van der Waals surface area contributed by atoms with Gasteiger partial charge in [0.25, 0.3) is 0 Å². The summed E-state index contributed by atoms with van der Waals surface area (Å²) in [6, 6.07) is 9.38. The molecule has 0 spiro atoms. The lowest BCUT2D eigenvalue weighted by Gasteiger charge is -2.14. The van der Waals surface area contributed by atoms with Crippen LogP contribution >= 0.6 is 0 Å². The molecule has 0 unspecified atom stereocenters. The minimum atomic E-state index is -1.07. The van der Waals surface area contributed by atoms with Crippen molar-refractivity contribution in [3.8, 4) is 11.1 Å². The molecule has 0 fully saturated rings. The van der Waals surface area contributed by atoms with Crippen LogP contribution in [-0.2, 0) is 0 Å². The van der Waals surface area contributed by atoms with Gasteiger partial charge in [-0.15, -0.1) is 5.10 Å². The second kappa shape index (κ2) is 5.03. The van der Waals surface area contributed by atoms with E-state index in [0.29, 0.717) is 0 Å². The maximum atomic E-state index is 11.5. The SMILES string of the molecule is CN(C)c1cccc(-c2cc(C(=O)O)c3nc(N)nn3c2)c1. The van der Waals surface area contributed by atoms with Crippen LogP contribution in [0.3, 0.4) is 0 Å². The summed E-state index contributed by atoms with van der Waals surface area (Å²) in [5, 5.41) is 13.4. The first kappa shape index (κ1) is 13.9. The molecule has 1 aromatic carbocycles. The lowest BCUT2D eigenvalue weighted by atomic mass is 10.0. The lowest BCUT2D eigenvalue weighted by molar-refractivity contribution is 0.0698. The fourth-order valence-corrected chi connectivity index (χ4v) is 2.28. The number of hydrogen-bond acceptors (Lipinski definition) is 5. The van der Waals surface area contributed by atoms with Crippen LogP contribution in [0.25, 0.3) is 16.8 Å². The topological polar surface area (TPSA) is 96.8 Å². The number of carbonyl (C=O) groups is 1. The zero-order valence-electron chi connectivity index (χ0n) is 12.2. The van der Waals surface area contributed by atoms with Gasteiger partial charge in [0, 0.05) is 31.5 Å². The number of fused-ring (bicyclic) bond motifs is 1. The molecule has 2 aromatic heterocycles. The number of rotatable bonds is 3. The Bertz CT molecular complexity index is 869. The Labute approximate surface area is 126 Å². The number of aromatic nitrogens is 3. The summed E-state index contributed by atoms with van der Waals surface area (Å²) in [6.45, 7) is 0. The maximum absolute atomic E-state index is 11.5. The smallest absolute Gasteiger partial charge is 0.339 e. The monoisotopic (exact) mass is 297 g/mol. The second-order valence-electron chi connectivity index (χ2n) is 5.13. The molecule has 0 amide bonds. The van der Waals surface area contributed by atoms with E-state index in [4.69, 9.17) is 5.73 Å². The molecule has 0 atom stereocenters. The van der Waals surface area contributed by atoms with Crippen molar-refractivity contribution >= 4 is 23.3 Å². The number of carboxylic acids is 1. The van der Waals surface area contributed by atoms with Gasteiger partial charge in [-0.1, -0.05) is 12.1 Å². The molecule has 22 heavy (non-hydrogen) atoms. The van der Waals surface area contributed by atoms with Gasteiger partial charge in [0.05, 0.1) is 0 Å². The standard InChI is InChI=1S/C15H15N5O2/c1-19(2)11-5-3-4-9(6-11)10-7-12(14(21)22)13-17-15(16)18-20(13)8-10/h3-8H,1-2H3,(H2,16,18)(H,21,22). The minimum Gasteiger partial charge on any atom is -0.478 e. The number of pyridine rings is 1. The molecule has 0 aliphatic rings. The normalized spacial score (nSPS) is 10.8. The summed E-state index contributed by atoms with van der Waals surface area (Å²) < 4.78 is 1.40. The number of nitrogen functional groups attached to an aromatic ring is 1. The fraction of sp³-hybridized carbons (Fsp3) is 0.133. The highest BCUT2D eigenvalue weighted by Crippen LogP contribution is 2.26. The van der Waals surface area contributed by atoms with E-state index in [0.717, 1.165) is 16.8 Å². The van der Waals surface area contributed by atoms with Crippen LogP contribution in [0, 0.1) is 0 Å². The number of carboxylic acid groups (broad SMARTS) is 1. The molecular weight excluding hydrogens is 282 g/mol. The van der Waals surface area contributed by atoms with E-state index in [1.54, 1.807) is 12.3 Å². The van der Waals surface area contributed by atoms with Crippen LogP contribution in [0.4, 0.5) is 11.6 Å². The first-order valence-electron chi connectivity index (χ1n) is 6.62. The summed E-state index contributed by atoms with van der Waals surface area (Å²) >= 11 is 0. The Kier molecular flexibility index (Phi) is 3.17. The number of hydrogen-bond donors (Lipinski definition) is 2. The first-order chi connectivity index (χ1) is 10.5. The Morgan fingerprint density at radius 1 is 1.27 bits per heavy atom. The van der Waals surface area contributed by atoms with Gasteiger partial charge in [-0.05, 0) is 23.8 Å². The van der Waals surface area contributed by atoms with Gasteiger partial charge < -0.3 is 15.7 Å². The molecule has 0 radical (unpaired) electrons. The molecule has 3 N–H and O–H groups in total. The number of nitrogens with zero attached hydrogens (tertiary/aromatic N) is 4. The second-order valence-corrected chi connectivity index (χ2v) is 5.13. The first-order valence-corrected chi connectivity index (χ1v) is 6.62. The Morgan fingerprint density at radius 2 is 2.05 bits per heavy atom. The van der Waals surface area contributed by atoms with Crippen LogP contribution in [0.15, 0.2) is 36.5 Å². The van der Waals surface area contributed by atoms with Crippen molar-refractivity contribution in [2.24, 2.45) is 0 Å². The highest BCUT2D eigenvalue weighted by atomic mass is 16.4. The highest BCUT2D eigenvalue weighted by Gasteiger charge is 2.15. The van der Waals surface area contributed by atoms with Gasteiger partial charge in [-0.2, -0.15) is 4.98 Å². The molecule has 3 aromatic rings. The average Bonchev–Trinajstić information content (AvgIpc) is 2.86. The summed E-state index contributed by atoms with van der Waals surface area (Å²) in [6.07, 6.45) is 1.72. The maximum Gasteiger partial charge on any atom is 0.339 e. The van der Waals surface area contributed by atoms with Crippen LogP contribution < -0.4 is 10.6 Å². The Balaban J connectivity index is 2.23. The third-order valence-corrected chi connectivity index (χ3v) is 3.38. The van der Waals surface area contributed by atoms with E-state index in [2.05, 4.69) is 10.1 Å². The summed E-state index contributed by atoms with van der Waals surface area (Å²) in [7, 11) is 3.90. The molecule has 7 heteroatoms. The van der Waals surface area contributed by atoms with Crippen molar-refractivity contribution in [2.45, 2.75) is 0 Å². The third-order valence-electron chi connectivity index (χ3n) is 3.38. The summed E-state index contributed by atoms with van der Waals surface area (Å²) in [4.78, 5) is 17.4. The van der Waals surface area contributed by atoms with E-state index in [1.807, 2.05) is 43.3 Å². The van der Waals surface area contributed by atoms with Crippen molar-refractivity contribution < 1.29 is 9.90 Å².